The van der Waals surface area contributed by atoms with Crippen molar-refractivity contribution in [3.63, 3.8) is 0 Å². The lowest BCUT2D eigenvalue weighted by Gasteiger charge is -2.26. The van der Waals surface area contributed by atoms with E-state index >= 15 is 0 Å². The first kappa shape index (κ1) is 7.01. The van der Waals surface area contributed by atoms with Crippen molar-refractivity contribution in [3.05, 3.63) is 0 Å². The van der Waals surface area contributed by atoms with Gasteiger partial charge in [0.15, 0.2) is 0 Å². The highest BCUT2D eigenvalue weighted by Gasteiger charge is 2.27. The van der Waals surface area contributed by atoms with Crippen molar-refractivity contribution in [3.8, 4) is 0 Å². The second kappa shape index (κ2) is 2.26. The molecular weight excluding hydrogens is 136 g/mol. The number of hydrogen-bond acceptors (Lipinski definition) is 3. The normalized spacial score (nSPS) is 20.2. The summed E-state index contributed by atoms with van der Waals surface area (Å²) in [6, 6.07) is -0.656. The molecule has 0 aliphatic carbocycles. The molecule has 1 aliphatic heterocycles. The van der Waals surface area contributed by atoms with Crippen LogP contribution in [0.1, 0.15) is 6.42 Å². The summed E-state index contributed by atoms with van der Waals surface area (Å²) >= 11 is 0. The highest BCUT2D eigenvalue weighted by atomic mass is 16.5. The first-order valence-electron chi connectivity index (χ1n) is 2.90. The smallest absolute Gasteiger partial charge is 0.325 e. The summed E-state index contributed by atoms with van der Waals surface area (Å²) in [5, 5.41) is 8.85. The third-order valence-corrected chi connectivity index (χ3v) is 1.41. The van der Waals surface area contributed by atoms with Crippen LogP contribution in [0.5, 0.6) is 0 Å². The van der Waals surface area contributed by atoms with Gasteiger partial charge < -0.3 is 4.90 Å². The number of imide groups is 1. The molecule has 1 fully saturated rings. The molecule has 1 saturated heterocycles. The van der Waals surface area contributed by atoms with E-state index in [0.717, 1.165) is 0 Å². The fourth-order valence-corrected chi connectivity index (χ4v) is 0.733. The van der Waals surface area contributed by atoms with Gasteiger partial charge >= 0.3 is 6.03 Å². The van der Waals surface area contributed by atoms with Crippen molar-refractivity contribution in [1.82, 2.24) is 9.96 Å². The summed E-state index contributed by atoms with van der Waals surface area (Å²) in [5.74, 6) is -0.539. The molecule has 0 aromatic heterocycles. The van der Waals surface area contributed by atoms with Crippen LogP contribution in [0.15, 0.2) is 0 Å². The minimum absolute atomic E-state index is 0.142. The number of hydrogen-bond donors (Lipinski definition) is 1. The second-order valence-electron chi connectivity index (χ2n) is 2.16. The predicted octanol–water partition coefficient (Wildman–Crippen LogP) is -0.340. The van der Waals surface area contributed by atoms with Crippen molar-refractivity contribution in [2.75, 3.05) is 13.6 Å². The minimum Gasteiger partial charge on any atom is -0.325 e. The van der Waals surface area contributed by atoms with Crippen molar-refractivity contribution >= 4 is 11.9 Å². The topological polar surface area (TPSA) is 60.9 Å². The number of hydroxylamine groups is 2. The largest absolute Gasteiger partial charge is 0.350 e. The van der Waals surface area contributed by atoms with E-state index in [1.165, 1.54) is 11.9 Å². The van der Waals surface area contributed by atoms with Gasteiger partial charge in [-0.2, -0.15) is 0 Å². The fourth-order valence-electron chi connectivity index (χ4n) is 0.733. The summed E-state index contributed by atoms with van der Waals surface area (Å²) in [5.41, 5.74) is 0. The summed E-state index contributed by atoms with van der Waals surface area (Å²) in [7, 11) is 1.53. The molecule has 0 radical (unpaired) electrons. The fraction of sp³-hybridized carbons (Fsp3) is 0.600. The van der Waals surface area contributed by atoms with E-state index in [4.69, 9.17) is 5.21 Å². The molecule has 0 spiro atoms. The van der Waals surface area contributed by atoms with Gasteiger partial charge in [0.2, 0.25) is 0 Å². The number of urea groups is 1. The third kappa shape index (κ3) is 0.950. The molecule has 0 atom stereocenters. The van der Waals surface area contributed by atoms with Crippen molar-refractivity contribution in [1.29, 1.82) is 0 Å². The average molecular weight is 144 g/mol. The van der Waals surface area contributed by atoms with Crippen molar-refractivity contribution in [2.24, 2.45) is 0 Å². The summed E-state index contributed by atoms with van der Waals surface area (Å²) < 4.78 is 0. The van der Waals surface area contributed by atoms with E-state index in [1.807, 2.05) is 0 Å². The summed E-state index contributed by atoms with van der Waals surface area (Å²) in [4.78, 5) is 22.6. The van der Waals surface area contributed by atoms with Crippen molar-refractivity contribution < 1.29 is 14.8 Å². The van der Waals surface area contributed by atoms with Crippen LogP contribution >= 0.6 is 0 Å². The Morgan fingerprint density at radius 1 is 1.50 bits per heavy atom. The van der Waals surface area contributed by atoms with Gasteiger partial charge in [-0.25, -0.2) is 4.79 Å². The Bertz CT molecular complexity index is 180. The van der Waals surface area contributed by atoms with Gasteiger partial charge in [-0.1, -0.05) is 0 Å². The van der Waals surface area contributed by atoms with Gasteiger partial charge in [-0.3, -0.25) is 10.0 Å². The van der Waals surface area contributed by atoms with E-state index in [2.05, 4.69) is 0 Å². The van der Waals surface area contributed by atoms with Crippen LogP contribution < -0.4 is 0 Å². The van der Waals surface area contributed by atoms with Crippen molar-refractivity contribution in [2.45, 2.75) is 6.42 Å². The maximum Gasteiger partial charge on any atom is 0.350 e. The summed E-state index contributed by atoms with van der Waals surface area (Å²) in [6.07, 6.45) is 0.193. The molecule has 5 nitrogen and oxygen atoms in total. The zero-order chi connectivity index (χ0) is 7.72. The molecule has 1 rings (SSSR count). The highest BCUT2D eigenvalue weighted by molar-refractivity contribution is 5.94. The summed E-state index contributed by atoms with van der Waals surface area (Å²) in [6.45, 7) is 0.384. The standard InChI is InChI=1S/C5H8N2O3/c1-6-3-2-4(8)7(10)5(6)9/h10H,2-3H2,1H3. The lowest BCUT2D eigenvalue weighted by atomic mass is 10.3. The number of amides is 3. The Morgan fingerprint density at radius 2 is 2.10 bits per heavy atom. The lowest BCUT2D eigenvalue weighted by Crippen LogP contribution is -2.48. The molecule has 1 heterocycles. The average Bonchev–Trinajstić information content (AvgIpc) is 1.93. The Kier molecular flexibility index (Phi) is 1.58. The molecule has 0 saturated carbocycles. The quantitative estimate of drug-likeness (QED) is 0.473. The highest BCUT2D eigenvalue weighted by Crippen LogP contribution is 2.04. The van der Waals surface area contributed by atoms with Gasteiger partial charge in [0.25, 0.3) is 5.91 Å². The zero-order valence-corrected chi connectivity index (χ0v) is 5.57. The zero-order valence-electron chi connectivity index (χ0n) is 5.57. The maximum atomic E-state index is 10.7. The Labute approximate surface area is 57.8 Å². The van der Waals surface area contributed by atoms with E-state index < -0.39 is 11.9 Å². The molecule has 5 heteroatoms. The first-order valence-corrected chi connectivity index (χ1v) is 2.90. The molecule has 56 valence electrons. The van der Waals surface area contributed by atoms with Gasteiger partial charge in [-0.15, -0.1) is 5.06 Å². The van der Waals surface area contributed by atoms with Crippen LogP contribution in [-0.4, -0.2) is 40.7 Å². The third-order valence-electron chi connectivity index (χ3n) is 1.41. The molecule has 0 bridgehead atoms. The van der Waals surface area contributed by atoms with E-state index in [-0.39, 0.29) is 11.5 Å². The monoisotopic (exact) mass is 144 g/mol. The van der Waals surface area contributed by atoms with Crippen LogP contribution in [0.4, 0.5) is 4.79 Å². The molecular formula is C5H8N2O3. The maximum absolute atomic E-state index is 10.7. The van der Waals surface area contributed by atoms with E-state index in [0.29, 0.717) is 6.54 Å². The minimum atomic E-state index is -0.656. The molecule has 0 aromatic rings. The molecule has 10 heavy (non-hydrogen) atoms. The van der Waals surface area contributed by atoms with Crippen LogP contribution in [0, 0.1) is 0 Å². The number of rotatable bonds is 0. The predicted molar refractivity (Wildman–Crippen MR) is 31.3 cm³/mol. The number of nitrogens with zero attached hydrogens (tertiary/aromatic N) is 2. The van der Waals surface area contributed by atoms with Crippen LogP contribution in [-0.2, 0) is 4.79 Å². The van der Waals surface area contributed by atoms with Gasteiger partial charge in [-0.05, 0) is 0 Å². The van der Waals surface area contributed by atoms with E-state index in [1.54, 1.807) is 0 Å². The lowest BCUT2D eigenvalue weighted by molar-refractivity contribution is -0.158. The van der Waals surface area contributed by atoms with Crippen LogP contribution in [0.2, 0.25) is 0 Å². The Morgan fingerprint density at radius 3 is 2.60 bits per heavy atom. The van der Waals surface area contributed by atoms with Crippen LogP contribution in [0.25, 0.3) is 0 Å². The first-order chi connectivity index (χ1) is 4.63. The van der Waals surface area contributed by atoms with Gasteiger partial charge in [0.1, 0.15) is 0 Å². The Balaban J connectivity index is 2.70. The molecule has 0 aromatic carbocycles. The molecule has 1 N–H and O–H groups in total. The van der Waals surface area contributed by atoms with Gasteiger partial charge in [0, 0.05) is 20.0 Å². The Hall–Kier alpha value is -1.10. The van der Waals surface area contributed by atoms with E-state index in [9.17, 15) is 9.59 Å². The molecule has 1 aliphatic rings. The van der Waals surface area contributed by atoms with Gasteiger partial charge in [0.05, 0.1) is 0 Å². The SMILES string of the molecule is CN1CCC(=O)N(O)C1=O. The number of carbonyl (C=O) groups is 2. The second-order valence-corrected chi connectivity index (χ2v) is 2.16. The number of carbonyl (C=O) groups excluding carboxylic acids is 2. The molecule has 3 amide bonds. The molecule has 0 unspecified atom stereocenters. The van der Waals surface area contributed by atoms with Crippen LogP contribution in [0.3, 0.4) is 0 Å².